The van der Waals surface area contributed by atoms with Gasteiger partial charge in [0, 0.05) is 12.6 Å². The molecule has 0 amide bonds. The van der Waals surface area contributed by atoms with Gasteiger partial charge in [0.15, 0.2) is 0 Å². The highest BCUT2D eigenvalue weighted by molar-refractivity contribution is 4.81. The number of aliphatic hydroxyl groups excluding tert-OH is 1. The van der Waals surface area contributed by atoms with Gasteiger partial charge in [0.05, 0.1) is 6.10 Å². The van der Waals surface area contributed by atoms with E-state index in [1.807, 2.05) is 0 Å². The smallest absolute Gasteiger partial charge is 0.0664 e. The first-order valence-corrected chi connectivity index (χ1v) is 5.24. The van der Waals surface area contributed by atoms with E-state index in [1.54, 1.807) is 0 Å². The Balaban J connectivity index is 1.84. The molecule has 0 radical (unpaired) electrons. The summed E-state index contributed by atoms with van der Waals surface area (Å²) in [6, 6.07) is 0.728. The highest BCUT2D eigenvalue weighted by atomic mass is 16.3. The van der Waals surface area contributed by atoms with Crippen molar-refractivity contribution in [3.63, 3.8) is 0 Å². The van der Waals surface area contributed by atoms with E-state index in [9.17, 15) is 5.11 Å². The Kier molecular flexibility index (Phi) is 4.62. The van der Waals surface area contributed by atoms with E-state index < -0.39 is 0 Å². The van der Waals surface area contributed by atoms with Crippen molar-refractivity contribution in [3.8, 4) is 0 Å². The second kappa shape index (κ2) is 5.55. The van der Waals surface area contributed by atoms with E-state index in [2.05, 4.69) is 12.2 Å². The molecule has 12 heavy (non-hydrogen) atoms. The number of rotatable bonds is 7. The summed E-state index contributed by atoms with van der Waals surface area (Å²) in [5.74, 6) is 0. The molecule has 2 N–H and O–H groups in total. The summed E-state index contributed by atoms with van der Waals surface area (Å²) in [5.41, 5.74) is 0. The van der Waals surface area contributed by atoms with Crippen molar-refractivity contribution in [2.24, 2.45) is 0 Å². The highest BCUT2D eigenvalue weighted by Crippen LogP contribution is 2.18. The third-order valence-corrected chi connectivity index (χ3v) is 2.36. The molecule has 0 aromatic carbocycles. The van der Waals surface area contributed by atoms with E-state index in [-0.39, 0.29) is 6.10 Å². The maximum absolute atomic E-state index is 9.49. The molecule has 0 aromatic heterocycles. The number of aliphatic hydroxyl groups is 1. The van der Waals surface area contributed by atoms with Crippen LogP contribution in [-0.2, 0) is 0 Å². The van der Waals surface area contributed by atoms with Gasteiger partial charge in [0.2, 0.25) is 0 Å². The maximum atomic E-state index is 9.49. The van der Waals surface area contributed by atoms with Gasteiger partial charge in [-0.1, -0.05) is 26.2 Å². The number of hydrogen-bond donors (Lipinski definition) is 2. The van der Waals surface area contributed by atoms with Crippen molar-refractivity contribution >= 4 is 0 Å². The minimum absolute atomic E-state index is 0.114. The van der Waals surface area contributed by atoms with E-state index in [1.165, 1.54) is 32.1 Å². The minimum atomic E-state index is -0.114. The molecule has 1 atom stereocenters. The molecule has 0 aliphatic heterocycles. The summed E-state index contributed by atoms with van der Waals surface area (Å²) in [6.45, 7) is 2.99. The van der Waals surface area contributed by atoms with E-state index in [0.717, 1.165) is 19.0 Å². The van der Waals surface area contributed by atoms with Crippen LogP contribution in [0.3, 0.4) is 0 Å². The monoisotopic (exact) mass is 171 g/mol. The second-order valence-electron chi connectivity index (χ2n) is 3.83. The molecule has 2 nitrogen and oxygen atoms in total. The van der Waals surface area contributed by atoms with E-state index in [4.69, 9.17) is 0 Å². The van der Waals surface area contributed by atoms with Gasteiger partial charge >= 0.3 is 0 Å². The Bertz CT molecular complexity index is 112. The molecule has 2 heteroatoms. The number of nitrogens with one attached hydrogen (secondary N) is 1. The lowest BCUT2D eigenvalue weighted by atomic mass is 10.1. The summed E-state index contributed by atoms with van der Waals surface area (Å²) in [5, 5.41) is 12.8. The van der Waals surface area contributed by atoms with Crippen LogP contribution >= 0.6 is 0 Å². The van der Waals surface area contributed by atoms with Crippen LogP contribution < -0.4 is 5.32 Å². The van der Waals surface area contributed by atoms with Crippen LogP contribution in [0.2, 0.25) is 0 Å². The van der Waals surface area contributed by atoms with Gasteiger partial charge in [0.25, 0.3) is 0 Å². The van der Waals surface area contributed by atoms with Gasteiger partial charge < -0.3 is 10.4 Å². The quantitative estimate of drug-likeness (QED) is 0.571. The molecular weight excluding hydrogens is 150 g/mol. The summed E-state index contributed by atoms with van der Waals surface area (Å²) >= 11 is 0. The zero-order valence-electron chi connectivity index (χ0n) is 8.05. The van der Waals surface area contributed by atoms with Crippen molar-refractivity contribution in [1.29, 1.82) is 0 Å². The van der Waals surface area contributed by atoms with Crippen LogP contribution in [0, 0.1) is 0 Å². The standard InChI is InChI=1S/C10H21NO/c1-2-3-4-5-10(12)8-11-9-6-7-9/h9-12H,2-8H2,1H3. The van der Waals surface area contributed by atoms with Gasteiger partial charge in [-0.2, -0.15) is 0 Å². The Hall–Kier alpha value is -0.0800. The van der Waals surface area contributed by atoms with Crippen molar-refractivity contribution < 1.29 is 5.11 Å². The number of unbranched alkanes of at least 4 members (excludes halogenated alkanes) is 2. The van der Waals surface area contributed by atoms with Crippen molar-refractivity contribution in [2.75, 3.05) is 6.54 Å². The molecule has 0 saturated heterocycles. The Morgan fingerprint density at radius 3 is 2.75 bits per heavy atom. The predicted molar refractivity (Wildman–Crippen MR) is 51.2 cm³/mol. The molecule has 1 aliphatic rings. The summed E-state index contributed by atoms with van der Waals surface area (Å²) in [4.78, 5) is 0. The molecule has 1 aliphatic carbocycles. The Labute approximate surface area is 75.4 Å². The molecule has 72 valence electrons. The van der Waals surface area contributed by atoms with Gasteiger partial charge in [-0.25, -0.2) is 0 Å². The first-order chi connectivity index (χ1) is 5.83. The van der Waals surface area contributed by atoms with Crippen LogP contribution in [0.15, 0.2) is 0 Å². The van der Waals surface area contributed by atoms with Crippen LogP contribution in [0.25, 0.3) is 0 Å². The normalized spacial score (nSPS) is 19.5. The molecule has 0 aromatic rings. The summed E-state index contributed by atoms with van der Waals surface area (Å²) in [7, 11) is 0. The van der Waals surface area contributed by atoms with Gasteiger partial charge in [-0.05, 0) is 19.3 Å². The average Bonchev–Trinajstić information content (AvgIpc) is 2.84. The zero-order chi connectivity index (χ0) is 8.81. The lowest BCUT2D eigenvalue weighted by Gasteiger charge is -2.10. The van der Waals surface area contributed by atoms with Gasteiger partial charge in [0.1, 0.15) is 0 Å². The third-order valence-electron chi connectivity index (χ3n) is 2.36. The fourth-order valence-electron chi connectivity index (χ4n) is 1.32. The van der Waals surface area contributed by atoms with Crippen molar-refractivity contribution in [2.45, 2.75) is 57.6 Å². The lowest BCUT2D eigenvalue weighted by Crippen LogP contribution is -2.28. The van der Waals surface area contributed by atoms with Crippen LogP contribution in [-0.4, -0.2) is 23.8 Å². The zero-order valence-corrected chi connectivity index (χ0v) is 8.05. The molecule has 1 rings (SSSR count). The molecule has 0 heterocycles. The van der Waals surface area contributed by atoms with Crippen LogP contribution in [0.1, 0.15) is 45.4 Å². The lowest BCUT2D eigenvalue weighted by molar-refractivity contribution is 0.157. The average molecular weight is 171 g/mol. The van der Waals surface area contributed by atoms with E-state index >= 15 is 0 Å². The maximum Gasteiger partial charge on any atom is 0.0664 e. The highest BCUT2D eigenvalue weighted by Gasteiger charge is 2.20. The predicted octanol–water partition coefficient (Wildman–Crippen LogP) is 1.68. The largest absolute Gasteiger partial charge is 0.392 e. The fourth-order valence-corrected chi connectivity index (χ4v) is 1.32. The molecular formula is C10H21NO. The Morgan fingerprint density at radius 1 is 1.42 bits per heavy atom. The summed E-state index contributed by atoms with van der Waals surface area (Å²) in [6.07, 6.45) is 7.13. The first kappa shape index (κ1) is 10.0. The molecule has 1 unspecified atom stereocenters. The van der Waals surface area contributed by atoms with Crippen molar-refractivity contribution in [1.82, 2.24) is 5.32 Å². The minimum Gasteiger partial charge on any atom is -0.392 e. The SMILES string of the molecule is CCCCCC(O)CNC1CC1. The fraction of sp³-hybridized carbons (Fsp3) is 1.00. The van der Waals surface area contributed by atoms with Crippen LogP contribution in [0.4, 0.5) is 0 Å². The van der Waals surface area contributed by atoms with Crippen LogP contribution in [0.5, 0.6) is 0 Å². The topological polar surface area (TPSA) is 32.3 Å². The molecule has 0 spiro atoms. The Morgan fingerprint density at radius 2 is 2.17 bits per heavy atom. The molecule has 1 saturated carbocycles. The second-order valence-corrected chi connectivity index (χ2v) is 3.83. The van der Waals surface area contributed by atoms with Gasteiger partial charge in [-0.3, -0.25) is 0 Å². The molecule has 0 bridgehead atoms. The van der Waals surface area contributed by atoms with Gasteiger partial charge in [-0.15, -0.1) is 0 Å². The van der Waals surface area contributed by atoms with Crippen molar-refractivity contribution in [3.05, 3.63) is 0 Å². The third kappa shape index (κ3) is 4.73. The summed E-state index contributed by atoms with van der Waals surface area (Å²) < 4.78 is 0. The van der Waals surface area contributed by atoms with E-state index in [0.29, 0.717) is 0 Å². The first-order valence-electron chi connectivity index (χ1n) is 5.24. The molecule has 1 fully saturated rings. The number of hydrogen-bond acceptors (Lipinski definition) is 2.